The maximum absolute atomic E-state index is 11.1. The minimum Gasteiger partial charge on any atom is -0.372 e. The van der Waals surface area contributed by atoms with Crippen molar-refractivity contribution in [3.8, 4) is 0 Å². The van der Waals surface area contributed by atoms with E-state index >= 15 is 0 Å². The van der Waals surface area contributed by atoms with Crippen LogP contribution in [0.1, 0.15) is 52.1 Å². The molecule has 0 aliphatic carbocycles. The highest BCUT2D eigenvalue weighted by Gasteiger charge is 2.24. The van der Waals surface area contributed by atoms with Gasteiger partial charge in [0, 0.05) is 19.5 Å². The highest BCUT2D eigenvalue weighted by atomic mass is 32.2. The first-order valence-electron chi connectivity index (χ1n) is 6.90. The Balaban J connectivity index is 0. The molecule has 7 heteroatoms. The van der Waals surface area contributed by atoms with E-state index < -0.39 is 23.3 Å². The first kappa shape index (κ1) is 22.4. The molecule has 1 aromatic heterocycles. The Hall–Kier alpha value is -0.920. The van der Waals surface area contributed by atoms with Crippen LogP contribution in [0.4, 0.5) is 4.39 Å². The van der Waals surface area contributed by atoms with E-state index in [4.69, 9.17) is 9.88 Å². The maximum Gasteiger partial charge on any atom is 0.158 e. The van der Waals surface area contributed by atoms with Crippen molar-refractivity contribution in [1.82, 2.24) is 9.97 Å². The summed E-state index contributed by atoms with van der Waals surface area (Å²) in [6, 6.07) is 0. The molecule has 0 radical (unpaired) electrons. The molecule has 21 heavy (non-hydrogen) atoms. The maximum atomic E-state index is 11.1. The van der Waals surface area contributed by atoms with Gasteiger partial charge in [-0.05, 0) is 33.3 Å². The Morgan fingerprint density at radius 1 is 1.24 bits per heavy atom. The van der Waals surface area contributed by atoms with E-state index in [1.807, 2.05) is 20.8 Å². The predicted molar refractivity (Wildman–Crippen MR) is 85.9 cm³/mol. The molecule has 3 unspecified atom stereocenters. The van der Waals surface area contributed by atoms with Gasteiger partial charge in [0.25, 0.3) is 0 Å². The van der Waals surface area contributed by atoms with Crippen molar-refractivity contribution in [3.63, 3.8) is 0 Å². The molecule has 0 spiro atoms. The smallest absolute Gasteiger partial charge is 0.158 e. The van der Waals surface area contributed by atoms with Gasteiger partial charge in [-0.25, -0.2) is 18.6 Å². The predicted octanol–water partition coefficient (Wildman–Crippen LogP) is 2.87. The van der Waals surface area contributed by atoms with E-state index in [-0.39, 0.29) is 5.25 Å². The average molecular weight is 321 g/mol. The largest absolute Gasteiger partial charge is 0.372 e. The lowest BCUT2D eigenvalue weighted by atomic mass is 10.2. The van der Waals surface area contributed by atoms with Crippen molar-refractivity contribution < 1.29 is 13.3 Å². The number of rotatable bonds is 4. The van der Waals surface area contributed by atoms with Gasteiger partial charge < -0.3 is 4.74 Å². The number of nitrogens with two attached hydrogens (primary N) is 1. The summed E-state index contributed by atoms with van der Waals surface area (Å²) in [6.45, 7) is 10.6. The second kappa shape index (κ2) is 12.8. The average Bonchev–Trinajstić information content (AvgIpc) is 2.43. The third-order valence-electron chi connectivity index (χ3n) is 2.10. The van der Waals surface area contributed by atoms with Crippen LogP contribution in [0.2, 0.25) is 0 Å². The molecule has 124 valence electrons. The van der Waals surface area contributed by atoms with Crippen LogP contribution in [0.15, 0.2) is 12.4 Å². The van der Waals surface area contributed by atoms with Crippen LogP contribution in [0.25, 0.3) is 0 Å². The van der Waals surface area contributed by atoms with Crippen LogP contribution in [-0.2, 0) is 15.7 Å². The van der Waals surface area contributed by atoms with Gasteiger partial charge in [0.15, 0.2) is 5.82 Å². The van der Waals surface area contributed by atoms with Crippen LogP contribution in [0.3, 0.4) is 0 Å². The molecule has 0 aromatic carbocycles. The molecular weight excluding hydrogens is 293 g/mol. The van der Waals surface area contributed by atoms with Gasteiger partial charge >= 0.3 is 0 Å². The molecule has 2 N–H and O–H groups in total. The summed E-state index contributed by atoms with van der Waals surface area (Å²) in [5.41, 5.74) is 0.968. The molecule has 1 rings (SSSR count). The fourth-order valence-electron chi connectivity index (χ4n) is 1.18. The van der Waals surface area contributed by atoms with Crippen LogP contribution in [-0.4, -0.2) is 32.7 Å². The van der Waals surface area contributed by atoms with Gasteiger partial charge in [-0.2, -0.15) is 0 Å². The van der Waals surface area contributed by atoms with Gasteiger partial charge in [-0.15, -0.1) is 0 Å². The van der Waals surface area contributed by atoms with E-state index in [9.17, 15) is 8.60 Å². The van der Waals surface area contributed by atoms with Crippen molar-refractivity contribution in [2.45, 2.75) is 59.1 Å². The summed E-state index contributed by atoms with van der Waals surface area (Å²) in [6.07, 6.45) is 2.29. The van der Waals surface area contributed by atoms with Gasteiger partial charge in [0.1, 0.15) is 6.10 Å². The number of hydrogen-bond donors (Lipinski definition) is 1. The SMILES string of the molecule is CC.CC(C)F.COC(c1ncc(C)cn1)C(C)S(N)=O. The molecule has 0 aliphatic heterocycles. The van der Waals surface area contributed by atoms with Gasteiger partial charge in [-0.1, -0.05) is 13.8 Å². The Labute approximate surface area is 130 Å². The highest BCUT2D eigenvalue weighted by molar-refractivity contribution is 7.83. The lowest BCUT2D eigenvalue weighted by molar-refractivity contribution is 0.0960. The molecular formula is C14H28FN3O2S. The number of ether oxygens (including phenoxy) is 1. The highest BCUT2D eigenvalue weighted by Crippen LogP contribution is 2.19. The van der Waals surface area contributed by atoms with Crippen molar-refractivity contribution in [2.24, 2.45) is 5.14 Å². The summed E-state index contributed by atoms with van der Waals surface area (Å²) in [4.78, 5) is 8.25. The Kier molecular flexibility index (Phi) is 13.6. The second-order valence-corrected chi connectivity index (χ2v) is 5.72. The van der Waals surface area contributed by atoms with Crippen molar-refractivity contribution in [3.05, 3.63) is 23.8 Å². The number of nitrogens with zero attached hydrogens (tertiary/aromatic N) is 2. The summed E-state index contributed by atoms with van der Waals surface area (Å²) in [7, 11) is 0.0739. The van der Waals surface area contributed by atoms with E-state index in [1.54, 1.807) is 19.3 Å². The molecule has 0 fully saturated rings. The Bertz CT molecular complexity index is 386. The van der Waals surface area contributed by atoms with E-state index in [2.05, 4.69) is 9.97 Å². The zero-order valence-electron chi connectivity index (χ0n) is 14.0. The Morgan fingerprint density at radius 3 is 1.90 bits per heavy atom. The van der Waals surface area contributed by atoms with Crippen LogP contribution >= 0.6 is 0 Å². The molecule has 3 atom stereocenters. The third kappa shape index (κ3) is 10.4. The standard InChI is InChI=1S/C9H15N3O2S.C3H7F.C2H6/c1-6-4-11-9(12-5-6)8(14-3)7(2)15(10)13;1-3(2)4;1-2/h4-5,7-8H,10H2,1-3H3;3H,1-2H3;1-2H3. The topological polar surface area (TPSA) is 78.1 Å². The van der Waals surface area contributed by atoms with Crippen LogP contribution in [0, 0.1) is 6.92 Å². The number of aryl methyl sites for hydroxylation is 1. The molecule has 0 saturated carbocycles. The molecule has 0 bridgehead atoms. The van der Waals surface area contributed by atoms with Crippen LogP contribution in [0.5, 0.6) is 0 Å². The number of methoxy groups -OCH3 is 1. The first-order chi connectivity index (χ1) is 9.79. The van der Waals surface area contributed by atoms with Crippen molar-refractivity contribution >= 4 is 11.0 Å². The first-order valence-corrected chi connectivity index (χ1v) is 8.17. The lowest BCUT2D eigenvalue weighted by Crippen LogP contribution is -2.28. The van der Waals surface area contributed by atoms with Gasteiger partial charge in [0.2, 0.25) is 0 Å². The second-order valence-electron chi connectivity index (χ2n) is 4.32. The summed E-state index contributed by atoms with van der Waals surface area (Å²) in [5, 5.41) is 4.98. The number of hydrogen-bond acceptors (Lipinski definition) is 4. The number of halogens is 1. The van der Waals surface area contributed by atoms with Crippen molar-refractivity contribution in [1.29, 1.82) is 0 Å². The van der Waals surface area contributed by atoms with E-state index in [1.165, 1.54) is 21.0 Å². The zero-order chi connectivity index (χ0) is 17.0. The molecule has 1 aromatic rings. The lowest BCUT2D eigenvalue weighted by Gasteiger charge is -2.18. The number of alkyl halides is 1. The third-order valence-corrected chi connectivity index (χ3v) is 3.08. The summed E-state index contributed by atoms with van der Waals surface area (Å²) < 4.78 is 27.3. The Morgan fingerprint density at radius 2 is 1.62 bits per heavy atom. The van der Waals surface area contributed by atoms with Gasteiger partial charge in [-0.3, -0.25) is 5.14 Å². The van der Waals surface area contributed by atoms with E-state index in [0.29, 0.717) is 5.82 Å². The fraction of sp³-hybridized carbons (Fsp3) is 0.714. The molecule has 1 heterocycles. The molecule has 5 nitrogen and oxygen atoms in total. The molecule has 0 saturated heterocycles. The quantitative estimate of drug-likeness (QED) is 0.925. The van der Waals surface area contributed by atoms with Crippen LogP contribution < -0.4 is 5.14 Å². The van der Waals surface area contributed by atoms with Crippen molar-refractivity contribution in [2.75, 3.05) is 7.11 Å². The monoisotopic (exact) mass is 321 g/mol. The minimum atomic E-state index is -1.45. The number of aromatic nitrogens is 2. The zero-order valence-corrected chi connectivity index (χ0v) is 14.8. The molecule has 0 amide bonds. The van der Waals surface area contributed by atoms with Gasteiger partial charge in [0.05, 0.1) is 22.4 Å². The fourth-order valence-corrected chi connectivity index (χ4v) is 1.65. The molecule has 0 aliphatic rings. The van der Waals surface area contributed by atoms with E-state index in [0.717, 1.165) is 5.56 Å². The summed E-state index contributed by atoms with van der Waals surface area (Å²) in [5.74, 6) is 0.509. The minimum absolute atomic E-state index is 0.335. The normalized spacial score (nSPS) is 14.2. The summed E-state index contributed by atoms with van der Waals surface area (Å²) >= 11 is 0.